The van der Waals surface area contributed by atoms with Gasteiger partial charge in [0, 0.05) is 24.4 Å². The largest absolute Gasteiger partial charge is 0.444 e. The van der Waals surface area contributed by atoms with Crippen molar-refractivity contribution in [3.63, 3.8) is 0 Å². The Balaban J connectivity index is 0.000000574. The fourth-order valence-corrected chi connectivity index (χ4v) is 10.9. The average Bonchev–Trinajstić information content (AvgIpc) is 4.15. The van der Waals surface area contributed by atoms with Gasteiger partial charge in [0.2, 0.25) is 11.8 Å². The summed E-state index contributed by atoms with van der Waals surface area (Å²) in [5, 5.41) is 10.2. The molecule has 0 aromatic heterocycles. The van der Waals surface area contributed by atoms with Crippen molar-refractivity contribution >= 4 is 50.5 Å². The van der Waals surface area contributed by atoms with E-state index in [0.717, 1.165) is 32.1 Å². The van der Waals surface area contributed by atoms with Crippen LogP contribution in [0.5, 0.6) is 0 Å². The predicted molar refractivity (Wildman–Crippen MR) is 236 cm³/mol. The first-order chi connectivity index (χ1) is 30.9. The van der Waals surface area contributed by atoms with Gasteiger partial charge in [-0.25, -0.2) is 28.0 Å². The van der Waals surface area contributed by atoms with Crippen LogP contribution in [0.4, 0.5) is 14.0 Å². The fraction of sp³-hybridized carbons (Fsp3) is 0.705. The van der Waals surface area contributed by atoms with E-state index in [0.29, 0.717) is 56.1 Å². The Labute approximate surface area is 386 Å². The molecule has 4 fully saturated rings. The topological polar surface area (TPSA) is 259 Å². The van der Waals surface area contributed by atoms with E-state index >= 15 is 0 Å². The van der Waals surface area contributed by atoms with Gasteiger partial charge in [0.25, 0.3) is 5.91 Å². The van der Waals surface area contributed by atoms with E-state index in [2.05, 4.69) is 10.6 Å². The summed E-state index contributed by atoms with van der Waals surface area (Å²) < 4.78 is 85.1. The van der Waals surface area contributed by atoms with E-state index in [1.807, 2.05) is 24.6 Å². The number of nitrogens with two attached hydrogens (primary N) is 1. The number of nitrogens with one attached hydrogen (secondary N) is 3. The molecule has 1 aromatic carbocycles. The third-order valence-electron chi connectivity index (χ3n) is 12.6. The van der Waals surface area contributed by atoms with E-state index in [4.69, 9.17) is 23.0 Å². The number of rotatable bonds is 12. The van der Waals surface area contributed by atoms with Crippen molar-refractivity contribution in [1.29, 1.82) is 0 Å². The van der Waals surface area contributed by atoms with Crippen molar-refractivity contribution in [2.45, 2.75) is 185 Å². The van der Waals surface area contributed by atoms with Crippen LogP contribution in [0.2, 0.25) is 0 Å². The Bertz CT molecular complexity index is 2260. The summed E-state index contributed by atoms with van der Waals surface area (Å²) in [6.45, 7) is 8.86. The van der Waals surface area contributed by atoms with Crippen LogP contribution in [0.1, 0.15) is 142 Å². The molecule has 368 valence electrons. The maximum absolute atomic E-state index is 14.5. The first-order valence-electron chi connectivity index (χ1n) is 22.9. The highest BCUT2D eigenvalue weighted by atomic mass is 32.2. The van der Waals surface area contributed by atoms with E-state index in [1.165, 1.54) is 15.9 Å². The number of carbonyl (C=O) groups excluding carboxylic acids is 5. The monoisotopic (exact) mass is 968 g/mol. The molecule has 66 heavy (non-hydrogen) atoms. The molecule has 6 aliphatic rings. The lowest BCUT2D eigenvalue weighted by molar-refractivity contribution is -0.141. The molecule has 19 nitrogen and oxygen atoms in total. The van der Waals surface area contributed by atoms with Gasteiger partial charge in [-0.2, -0.15) is 16.8 Å². The second-order valence-corrected chi connectivity index (χ2v) is 21.9. The van der Waals surface area contributed by atoms with Gasteiger partial charge in [0.05, 0.1) is 24.3 Å². The van der Waals surface area contributed by atoms with Crippen LogP contribution in [0.15, 0.2) is 30.4 Å². The Hall–Kier alpha value is -4.38. The summed E-state index contributed by atoms with van der Waals surface area (Å²) in [6.07, 6.45) is 9.58. The molecule has 3 saturated carbocycles. The minimum absolute atomic E-state index is 0.0132. The lowest BCUT2D eigenvalue weighted by Gasteiger charge is -2.30. The number of carbonyl (C=O) groups is 5. The van der Waals surface area contributed by atoms with Gasteiger partial charge in [-0.15, -0.1) is 0 Å². The summed E-state index contributed by atoms with van der Waals surface area (Å²) >= 11 is 0. The fourth-order valence-electron chi connectivity index (χ4n) is 8.99. The third kappa shape index (κ3) is 13.4. The molecule has 3 aliphatic carbocycles. The Morgan fingerprint density at radius 1 is 0.955 bits per heavy atom. The van der Waals surface area contributed by atoms with Crippen LogP contribution in [-0.2, 0) is 65.9 Å². The maximum atomic E-state index is 14.5. The van der Waals surface area contributed by atoms with E-state index < -0.39 is 103 Å². The third-order valence-corrected chi connectivity index (χ3v) is 14.2. The molecule has 5 N–H and O–H groups in total. The van der Waals surface area contributed by atoms with Gasteiger partial charge in [-0.05, 0) is 96.6 Å². The molecule has 3 aliphatic heterocycles. The van der Waals surface area contributed by atoms with Gasteiger partial charge in [0.15, 0.2) is 0 Å². The highest BCUT2D eigenvalue weighted by molar-refractivity contribution is 7.85. The molecule has 0 spiro atoms. The van der Waals surface area contributed by atoms with Crippen molar-refractivity contribution < 1.29 is 63.0 Å². The van der Waals surface area contributed by atoms with Gasteiger partial charge < -0.3 is 25.0 Å². The first-order valence-corrected chi connectivity index (χ1v) is 25.8. The van der Waals surface area contributed by atoms with Gasteiger partial charge in [0.1, 0.15) is 35.1 Å². The van der Waals surface area contributed by atoms with Crippen LogP contribution in [-0.4, -0.2) is 104 Å². The Morgan fingerprint density at radius 3 is 2.23 bits per heavy atom. The molecule has 0 radical (unpaired) electrons. The van der Waals surface area contributed by atoms with E-state index in [9.17, 15) is 45.2 Å². The van der Waals surface area contributed by atoms with Crippen LogP contribution in [0.25, 0.3) is 0 Å². The minimum atomic E-state index is -4.53. The van der Waals surface area contributed by atoms with Crippen LogP contribution < -0.4 is 20.5 Å². The number of halogens is 1. The van der Waals surface area contributed by atoms with Crippen molar-refractivity contribution in [2.75, 3.05) is 6.54 Å². The normalized spacial score (nSPS) is 27.2. The number of alkyl carbamates (subject to hydrolysis) is 1. The van der Waals surface area contributed by atoms with Crippen LogP contribution in [0, 0.1) is 11.7 Å². The van der Waals surface area contributed by atoms with Gasteiger partial charge in [-0.3, -0.25) is 23.5 Å². The molecule has 1 saturated heterocycles. The summed E-state index contributed by atoms with van der Waals surface area (Å²) in [5.41, 5.74) is -2.76. The lowest BCUT2D eigenvalue weighted by Crippen LogP contribution is -2.58. The number of fused-ring (bicyclic) bond motifs is 3. The number of hydrogen-bond donors (Lipinski definition) is 4. The standard InChI is InChI=1S/C38H52FN5O10S.C6H13NO3S/c1-5-16-37(17-18-37)54-55(50,51)42-33(47)38-20-25(38)13-9-7-6-8-10-15-29(40-34(48)53-36(2,3)4)32(46)44-22-26(19-30(44)31(45)41-38)52-35(49)43-21-24-12-11-14-28(39)27(24)23-43;1-2-3-6(4-5-6)10-11(7,8)9/h9,11-14,25-26,29-30H,5-8,10,15-23H2,1-4H3,(H,40,48)(H,41,45)(H,42,47);2-5H2,1H3,(H2,7,8,9)/b13-9-;/t25-,26-,29+,30+,38-;/m1./s1. The minimum Gasteiger partial charge on any atom is -0.444 e. The number of amides is 5. The van der Waals surface area contributed by atoms with E-state index in [-0.39, 0.29) is 38.9 Å². The smallest absolute Gasteiger partial charge is 0.410 e. The Morgan fingerprint density at radius 2 is 1.62 bits per heavy atom. The van der Waals surface area contributed by atoms with Crippen molar-refractivity contribution in [3.05, 3.63) is 47.3 Å². The van der Waals surface area contributed by atoms with Gasteiger partial charge in [-0.1, -0.05) is 63.8 Å². The highest BCUT2D eigenvalue weighted by Crippen LogP contribution is 2.48. The molecular weight excluding hydrogens is 904 g/mol. The number of benzene rings is 1. The van der Waals surface area contributed by atoms with Crippen molar-refractivity contribution in [1.82, 2.24) is 25.2 Å². The molecular formula is C44H65FN6O13S2. The quantitative estimate of drug-likeness (QED) is 0.206. The van der Waals surface area contributed by atoms with Gasteiger partial charge >= 0.3 is 32.8 Å². The van der Waals surface area contributed by atoms with Crippen molar-refractivity contribution in [3.8, 4) is 0 Å². The number of nitrogens with zero attached hydrogens (tertiary/aromatic N) is 2. The molecule has 5 amide bonds. The number of ether oxygens (including phenoxy) is 2. The van der Waals surface area contributed by atoms with Crippen molar-refractivity contribution in [2.24, 2.45) is 11.1 Å². The first kappa shape index (κ1) is 51.0. The molecule has 1 aromatic rings. The highest BCUT2D eigenvalue weighted by Gasteiger charge is 2.62. The molecule has 22 heteroatoms. The SMILES string of the molecule is CCCC1(OS(=O)(=O)NC(=O)[C@@]23C[C@H]2/C=C\CCCCC[C@H](NC(=O)OC(C)(C)C)C(=O)N2C[C@H](OC(=O)N4Cc5cccc(F)c5C4)C[C@H]2C(=O)N3)CC1.CCCC1(OS(N)(=O)=O)CC1. The summed E-state index contributed by atoms with van der Waals surface area (Å²) in [4.78, 5) is 71.4. The zero-order valence-corrected chi connectivity index (χ0v) is 40.0. The number of allylic oxidation sites excluding steroid dienone is 1. The second kappa shape index (κ2) is 20.1. The molecule has 5 atom stereocenters. The van der Waals surface area contributed by atoms with Crippen LogP contribution >= 0.6 is 0 Å². The molecule has 0 bridgehead atoms. The maximum Gasteiger partial charge on any atom is 0.410 e. The zero-order chi connectivity index (χ0) is 48.3. The summed E-state index contributed by atoms with van der Waals surface area (Å²) in [5.74, 6) is -3.32. The Kier molecular flexibility index (Phi) is 15.5. The number of hydrogen-bond acceptors (Lipinski definition) is 13. The second-order valence-electron chi connectivity index (χ2n) is 19.4. The van der Waals surface area contributed by atoms with E-state index in [1.54, 1.807) is 39.0 Å². The molecule has 7 rings (SSSR count). The predicted octanol–water partition coefficient (Wildman–Crippen LogP) is 4.79. The average molecular weight is 969 g/mol. The summed E-state index contributed by atoms with van der Waals surface area (Å²) in [7, 11) is -8.27. The molecule has 3 heterocycles. The zero-order valence-electron chi connectivity index (χ0n) is 38.4. The lowest BCUT2D eigenvalue weighted by atomic mass is 10.0. The molecule has 0 unspecified atom stereocenters. The van der Waals surface area contributed by atoms with Crippen LogP contribution in [0.3, 0.4) is 0 Å². The summed E-state index contributed by atoms with van der Waals surface area (Å²) in [6, 6.07) is 2.23.